The van der Waals surface area contributed by atoms with Crippen LogP contribution in [0.4, 0.5) is 0 Å². The number of furan rings is 1. The van der Waals surface area contributed by atoms with Crippen molar-refractivity contribution in [3.05, 3.63) is 29.5 Å². The number of rotatable bonds is 3. The van der Waals surface area contributed by atoms with Gasteiger partial charge >= 0.3 is 0 Å². The van der Waals surface area contributed by atoms with E-state index in [0.717, 1.165) is 36.7 Å². The van der Waals surface area contributed by atoms with E-state index in [1.165, 1.54) is 24.2 Å². The predicted octanol–water partition coefficient (Wildman–Crippen LogP) is 3.10. The zero-order valence-corrected chi connectivity index (χ0v) is 14.1. The van der Waals surface area contributed by atoms with Gasteiger partial charge in [-0.25, -0.2) is 4.98 Å². The van der Waals surface area contributed by atoms with Crippen LogP contribution in [0.1, 0.15) is 36.2 Å². The number of carbonyl (C=O) groups is 1. The van der Waals surface area contributed by atoms with Crippen LogP contribution in [-0.2, 0) is 0 Å². The van der Waals surface area contributed by atoms with Crippen LogP contribution in [0.5, 0.6) is 0 Å². The summed E-state index contributed by atoms with van der Waals surface area (Å²) in [5, 5.41) is 2.63. The molecule has 0 spiro atoms. The highest BCUT2D eigenvalue weighted by Gasteiger charge is 2.39. The smallest absolute Gasteiger partial charge is 0.273 e. The molecule has 122 valence electrons. The monoisotopic (exact) mass is 331 g/mol. The van der Waals surface area contributed by atoms with Crippen molar-refractivity contribution >= 4 is 17.2 Å². The van der Waals surface area contributed by atoms with Crippen molar-refractivity contribution in [2.75, 3.05) is 20.1 Å². The van der Waals surface area contributed by atoms with Crippen LogP contribution in [0.25, 0.3) is 10.8 Å². The van der Waals surface area contributed by atoms with Crippen molar-refractivity contribution in [1.82, 2.24) is 14.8 Å². The minimum atomic E-state index is 0.0712. The SMILES string of the molecule is CN1CCC[C@H]1[C@@H]1CCCN1C(=O)c1csc(-c2ccco2)n1. The van der Waals surface area contributed by atoms with Crippen LogP contribution >= 0.6 is 11.3 Å². The lowest BCUT2D eigenvalue weighted by molar-refractivity contribution is 0.0659. The summed E-state index contributed by atoms with van der Waals surface area (Å²) in [4.78, 5) is 21.9. The summed E-state index contributed by atoms with van der Waals surface area (Å²) in [6.45, 7) is 1.99. The third kappa shape index (κ3) is 2.70. The molecule has 0 saturated carbocycles. The van der Waals surface area contributed by atoms with Gasteiger partial charge in [0, 0.05) is 24.0 Å². The lowest BCUT2D eigenvalue weighted by Crippen LogP contribution is -2.47. The van der Waals surface area contributed by atoms with E-state index in [1.807, 2.05) is 22.4 Å². The molecule has 2 aromatic heterocycles. The zero-order chi connectivity index (χ0) is 15.8. The van der Waals surface area contributed by atoms with Gasteiger partial charge in [0.1, 0.15) is 5.69 Å². The predicted molar refractivity (Wildman–Crippen MR) is 89.5 cm³/mol. The molecule has 0 aliphatic carbocycles. The van der Waals surface area contributed by atoms with Gasteiger partial charge in [-0.15, -0.1) is 11.3 Å². The lowest BCUT2D eigenvalue weighted by atomic mass is 10.0. The van der Waals surface area contributed by atoms with Gasteiger partial charge in [-0.05, 0) is 51.4 Å². The Kier molecular flexibility index (Phi) is 3.95. The normalized spacial score (nSPS) is 25.3. The molecule has 4 heterocycles. The number of carbonyl (C=O) groups excluding carboxylic acids is 1. The molecule has 0 bridgehead atoms. The number of thiazole rings is 1. The summed E-state index contributed by atoms with van der Waals surface area (Å²) in [6, 6.07) is 4.55. The second-order valence-corrected chi connectivity index (χ2v) is 7.27. The average molecular weight is 331 g/mol. The van der Waals surface area contributed by atoms with Gasteiger partial charge in [-0.3, -0.25) is 4.79 Å². The molecule has 2 aromatic rings. The molecule has 4 rings (SSSR count). The van der Waals surface area contributed by atoms with Crippen molar-refractivity contribution in [2.24, 2.45) is 0 Å². The first-order valence-electron chi connectivity index (χ1n) is 8.24. The second kappa shape index (κ2) is 6.09. The highest BCUT2D eigenvalue weighted by molar-refractivity contribution is 7.13. The van der Waals surface area contributed by atoms with Gasteiger partial charge < -0.3 is 14.2 Å². The molecule has 2 atom stereocenters. The van der Waals surface area contributed by atoms with Gasteiger partial charge in [-0.2, -0.15) is 0 Å². The molecule has 2 aliphatic rings. The van der Waals surface area contributed by atoms with Crippen LogP contribution in [0.15, 0.2) is 28.2 Å². The fourth-order valence-electron chi connectivity index (χ4n) is 3.90. The van der Waals surface area contributed by atoms with E-state index in [-0.39, 0.29) is 5.91 Å². The maximum absolute atomic E-state index is 12.9. The molecule has 1 amide bonds. The largest absolute Gasteiger partial charge is 0.462 e. The second-order valence-electron chi connectivity index (χ2n) is 6.41. The Morgan fingerprint density at radius 2 is 2.13 bits per heavy atom. The van der Waals surface area contributed by atoms with Gasteiger partial charge in [-0.1, -0.05) is 0 Å². The first-order valence-corrected chi connectivity index (χ1v) is 9.12. The van der Waals surface area contributed by atoms with Crippen molar-refractivity contribution in [3.63, 3.8) is 0 Å². The molecule has 2 aliphatic heterocycles. The van der Waals surface area contributed by atoms with Gasteiger partial charge in [0.25, 0.3) is 5.91 Å². The van der Waals surface area contributed by atoms with E-state index >= 15 is 0 Å². The molecule has 5 nitrogen and oxygen atoms in total. The number of nitrogens with zero attached hydrogens (tertiary/aromatic N) is 3. The summed E-state index contributed by atoms with van der Waals surface area (Å²) in [7, 11) is 2.18. The third-order valence-corrected chi connectivity index (χ3v) is 5.89. The molecule has 0 N–H and O–H groups in total. The van der Waals surface area contributed by atoms with E-state index in [9.17, 15) is 4.79 Å². The topological polar surface area (TPSA) is 49.6 Å². The molecule has 23 heavy (non-hydrogen) atoms. The van der Waals surface area contributed by atoms with Crippen molar-refractivity contribution in [2.45, 2.75) is 37.8 Å². The van der Waals surface area contributed by atoms with E-state index in [2.05, 4.69) is 16.9 Å². The molecular weight excluding hydrogens is 310 g/mol. The average Bonchev–Trinajstić information content (AvgIpc) is 3.31. The highest BCUT2D eigenvalue weighted by atomic mass is 32.1. The summed E-state index contributed by atoms with van der Waals surface area (Å²) in [5.41, 5.74) is 0.550. The summed E-state index contributed by atoms with van der Waals surface area (Å²) in [6.07, 6.45) is 6.26. The minimum Gasteiger partial charge on any atom is -0.462 e. The summed E-state index contributed by atoms with van der Waals surface area (Å²) >= 11 is 1.47. The zero-order valence-electron chi connectivity index (χ0n) is 13.3. The van der Waals surface area contributed by atoms with E-state index in [4.69, 9.17) is 4.42 Å². The third-order valence-electron chi connectivity index (χ3n) is 5.04. The molecule has 0 unspecified atom stereocenters. The number of amides is 1. The Hall–Kier alpha value is -1.66. The maximum atomic E-state index is 12.9. The quantitative estimate of drug-likeness (QED) is 0.867. The molecule has 2 saturated heterocycles. The van der Waals surface area contributed by atoms with E-state index < -0.39 is 0 Å². The fraction of sp³-hybridized carbons (Fsp3) is 0.529. The Balaban J connectivity index is 1.54. The maximum Gasteiger partial charge on any atom is 0.273 e. The van der Waals surface area contributed by atoms with Crippen molar-refractivity contribution in [3.8, 4) is 10.8 Å². The standard InChI is InChI=1S/C17H21N3O2S/c1-19-8-2-5-13(19)14-6-3-9-20(14)17(21)12-11-23-16(18-12)15-7-4-10-22-15/h4,7,10-11,13-14H,2-3,5-6,8-9H2,1H3/t13-,14-/m0/s1. The van der Waals surface area contributed by atoms with E-state index in [0.29, 0.717) is 17.8 Å². The first-order chi connectivity index (χ1) is 11.2. The van der Waals surface area contributed by atoms with Crippen LogP contribution in [0.2, 0.25) is 0 Å². The number of likely N-dealkylation sites (N-methyl/N-ethyl adjacent to an activating group) is 1. The summed E-state index contributed by atoms with van der Waals surface area (Å²) < 4.78 is 5.37. The number of likely N-dealkylation sites (tertiary alicyclic amines) is 2. The van der Waals surface area contributed by atoms with Crippen molar-refractivity contribution < 1.29 is 9.21 Å². The number of hydrogen-bond donors (Lipinski definition) is 0. The van der Waals surface area contributed by atoms with Crippen LogP contribution in [-0.4, -0.2) is 52.9 Å². The Morgan fingerprint density at radius 1 is 1.30 bits per heavy atom. The molecule has 2 fully saturated rings. The number of aromatic nitrogens is 1. The van der Waals surface area contributed by atoms with Gasteiger partial charge in [0.2, 0.25) is 0 Å². The first kappa shape index (κ1) is 14.9. The Morgan fingerprint density at radius 3 is 2.87 bits per heavy atom. The molecule has 0 aromatic carbocycles. The van der Waals surface area contributed by atoms with Gasteiger partial charge in [0.05, 0.1) is 6.26 Å². The fourth-order valence-corrected chi connectivity index (χ4v) is 4.66. The summed E-state index contributed by atoms with van der Waals surface area (Å²) in [5.74, 6) is 0.796. The number of hydrogen-bond acceptors (Lipinski definition) is 5. The minimum absolute atomic E-state index is 0.0712. The highest BCUT2D eigenvalue weighted by Crippen LogP contribution is 2.31. The molecule has 0 radical (unpaired) electrons. The van der Waals surface area contributed by atoms with Gasteiger partial charge in [0.15, 0.2) is 10.8 Å². The van der Waals surface area contributed by atoms with Crippen LogP contribution in [0.3, 0.4) is 0 Å². The van der Waals surface area contributed by atoms with Crippen LogP contribution < -0.4 is 0 Å². The Bertz CT molecular complexity index is 682. The Labute approximate surface area is 139 Å². The van der Waals surface area contributed by atoms with Crippen molar-refractivity contribution in [1.29, 1.82) is 0 Å². The van der Waals surface area contributed by atoms with E-state index in [1.54, 1.807) is 6.26 Å². The molecule has 6 heteroatoms. The lowest BCUT2D eigenvalue weighted by Gasteiger charge is -2.32. The molecular formula is C17H21N3O2S. The van der Waals surface area contributed by atoms with Crippen LogP contribution in [0, 0.1) is 0 Å².